The molecule has 1 amide bonds. The van der Waals surface area contributed by atoms with Gasteiger partial charge >= 0.3 is 12.1 Å². The zero-order valence-electron chi connectivity index (χ0n) is 12.9. The minimum atomic E-state index is -1.03. The van der Waals surface area contributed by atoms with Gasteiger partial charge in [-0.25, -0.2) is 9.59 Å². The summed E-state index contributed by atoms with van der Waals surface area (Å²) in [5, 5.41) is 9.59. The van der Waals surface area contributed by atoms with Crippen molar-refractivity contribution in [3.05, 3.63) is 35.9 Å². The molecule has 2 fully saturated rings. The lowest BCUT2D eigenvalue weighted by molar-refractivity contribution is -0.148. The Morgan fingerprint density at radius 2 is 2.00 bits per heavy atom. The summed E-state index contributed by atoms with van der Waals surface area (Å²) in [5.74, 6) is -1.03. The van der Waals surface area contributed by atoms with E-state index in [4.69, 9.17) is 9.47 Å². The van der Waals surface area contributed by atoms with Gasteiger partial charge in [-0.3, -0.25) is 4.90 Å². The van der Waals surface area contributed by atoms with Crippen LogP contribution in [0.15, 0.2) is 30.3 Å². The molecule has 6 heteroatoms. The lowest BCUT2D eigenvalue weighted by Crippen LogP contribution is -2.52. The smallest absolute Gasteiger partial charge is 0.411 e. The average molecular weight is 319 g/mol. The Morgan fingerprint density at radius 1 is 1.26 bits per heavy atom. The van der Waals surface area contributed by atoms with Gasteiger partial charge in [-0.15, -0.1) is 0 Å². The third-order valence-electron chi connectivity index (χ3n) is 4.23. The van der Waals surface area contributed by atoms with Gasteiger partial charge in [0.15, 0.2) is 6.04 Å². The number of nitrogens with zero attached hydrogens (tertiary/aromatic N) is 1. The third kappa shape index (κ3) is 3.82. The number of carboxylic acids is 1. The van der Waals surface area contributed by atoms with Crippen LogP contribution in [0, 0.1) is 0 Å². The fraction of sp³-hybridized carbons (Fsp3) is 0.529. The van der Waals surface area contributed by atoms with Crippen LogP contribution < -0.4 is 0 Å². The van der Waals surface area contributed by atoms with Crippen LogP contribution in [0.1, 0.15) is 31.2 Å². The summed E-state index contributed by atoms with van der Waals surface area (Å²) in [6, 6.07) is 8.34. The molecule has 2 atom stereocenters. The van der Waals surface area contributed by atoms with E-state index in [1.54, 1.807) is 0 Å². The molecule has 1 aliphatic heterocycles. The molecule has 2 unspecified atom stereocenters. The van der Waals surface area contributed by atoms with Gasteiger partial charge in [-0.1, -0.05) is 30.3 Å². The van der Waals surface area contributed by atoms with E-state index in [9.17, 15) is 14.7 Å². The van der Waals surface area contributed by atoms with Gasteiger partial charge in [0.1, 0.15) is 6.61 Å². The predicted octanol–water partition coefficient (Wildman–Crippen LogP) is 2.42. The average Bonchev–Trinajstić information content (AvgIpc) is 3.25. The molecule has 1 saturated heterocycles. The van der Waals surface area contributed by atoms with Gasteiger partial charge < -0.3 is 14.6 Å². The monoisotopic (exact) mass is 319 g/mol. The van der Waals surface area contributed by atoms with Crippen molar-refractivity contribution in [2.24, 2.45) is 0 Å². The SMILES string of the molecule is O=C(O)C(C1CCCO1)N(C(=O)OCc1ccccc1)C1CC1. The first kappa shape index (κ1) is 15.8. The second-order valence-corrected chi connectivity index (χ2v) is 6.01. The van der Waals surface area contributed by atoms with Crippen LogP contribution >= 0.6 is 0 Å². The van der Waals surface area contributed by atoms with E-state index in [0.717, 1.165) is 24.8 Å². The summed E-state index contributed by atoms with van der Waals surface area (Å²) in [4.78, 5) is 25.6. The highest BCUT2D eigenvalue weighted by Gasteiger charge is 2.46. The number of benzene rings is 1. The highest BCUT2D eigenvalue weighted by Crippen LogP contribution is 2.33. The molecule has 1 aromatic rings. The lowest BCUT2D eigenvalue weighted by atomic mass is 10.1. The van der Waals surface area contributed by atoms with Crippen LogP contribution in [-0.4, -0.2) is 46.9 Å². The Labute approximate surface area is 135 Å². The normalized spacial score (nSPS) is 21.7. The maximum absolute atomic E-state index is 12.5. The van der Waals surface area contributed by atoms with E-state index in [2.05, 4.69) is 0 Å². The zero-order valence-corrected chi connectivity index (χ0v) is 12.9. The number of carboxylic acid groups (broad SMARTS) is 1. The number of carbonyl (C=O) groups is 2. The van der Waals surface area contributed by atoms with E-state index in [1.165, 1.54) is 4.90 Å². The molecule has 0 radical (unpaired) electrons. The molecule has 1 saturated carbocycles. The molecule has 3 rings (SSSR count). The van der Waals surface area contributed by atoms with Crippen molar-refractivity contribution in [1.29, 1.82) is 0 Å². The fourth-order valence-electron chi connectivity index (χ4n) is 2.95. The van der Waals surface area contributed by atoms with Crippen LogP contribution in [-0.2, 0) is 20.9 Å². The Morgan fingerprint density at radius 3 is 2.57 bits per heavy atom. The number of amides is 1. The minimum absolute atomic E-state index is 0.0522. The Bertz CT molecular complexity index is 551. The number of ether oxygens (including phenoxy) is 2. The van der Waals surface area contributed by atoms with Crippen molar-refractivity contribution >= 4 is 12.1 Å². The first-order valence-electron chi connectivity index (χ1n) is 8.00. The molecular weight excluding hydrogens is 298 g/mol. The zero-order chi connectivity index (χ0) is 16.2. The van der Waals surface area contributed by atoms with Crippen LogP contribution in [0.4, 0.5) is 4.79 Å². The summed E-state index contributed by atoms with van der Waals surface area (Å²) >= 11 is 0. The predicted molar refractivity (Wildman–Crippen MR) is 81.9 cm³/mol. The lowest BCUT2D eigenvalue weighted by Gasteiger charge is -2.31. The number of hydrogen-bond acceptors (Lipinski definition) is 4. The Balaban J connectivity index is 1.69. The number of aliphatic carboxylic acids is 1. The second-order valence-electron chi connectivity index (χ2n) is 6.01. The maximum atomic E-state index is 12.5. The Kier molecular flexibility index (Phi) is 4.81. The quantitative estimate of drug-likeness (QED) is 0.871. The van der Waals surface area contributed by atoms with Crippen molar-refractivity contribution in [1.82, 2.24) is 4.90 Å². The van der Waals surface area contributed by atoms with Gasteiger partial charge in [0.2, 0.25) is 0 Å². The van der Waals surface area contributed by atoms with Crippen LogP contribution in [0.25, 0.3) is 0 Å². The van der Waals surface area contributed by atoms with Gasteiger partial charge in [-0.05, 0) is 31.2 Å². The first-order chi connectivity index (χ1) is 11.2. The van der Waals surface area contributed by atoms with E-state index in [-0.39, 0.29) is 12.6 Å². The molecule has 1 N–H and O–H groups in total. The molecule has 1 aliphatic carbocycles. The van der Waals surface area contributed by atoms with Crippen LogP contribution in [0.3, 0.4) is 0 Å². The number of rotatable bonds is 6. The standard InChI is InChI=1S/C17H21NO5/c19-16(20)15(14-7-4-10-22-14)18(13-8-9-13)17(21)23-11-12-5-2-1-3-6-12/h1-3,5-6,13-15H,4,7-11H2,(H,19,20). The molecule has 0 bridgehead atoms. The minimum Gasteiger partial charge on any atom is -0.480 e. The molecule has 2 aliphatic rings. The van der Waals surface area contributed by atoms with Gasteiger partial charge in [0.25, 0.3) is 0 Å². The van der Waals surface area contributed by atoms with Gasteiger partial charge in [0.05, 0.1) is 6.10 Å². The highest BCUT2D eigenvalue weighted by atomic mass is 16.6. The molecule has 124 valence electrons. The molecule has 23 heavy (non-hydrogen) atoms. The summed E-state index contributed by atoms with van der Waals surface area (Å²) in [7, 11) is 0. The highest BCUT2D eigenvalue weighted by molar-refractivity contribution is 5.81. The topological polar surface area (TPSA) is 76.1 Å². The summed E-state index contributed by atoms with van der Waals surface area (Å²) in [6.45, 7) is 0.687. The maximum Gasteiger partial charge on any atom is 0.411 e. The molecule has 0 aromatic heterocycles. The molecule has 1 aromatic carbocycles. The molecule has 0 spiro atoms. The van der Waals surface area contributed by atoms with E-state index < -0.39 is 24.2 Å². The fourth-order valence-corrected chi connectivity index (χ4v) is 2.95. The van der Waals surface area contributed by atoms with Crippen molar-refractivity contribution in [3.8, 4) is 0 Å². The van der Waals surface area contributed by atoms with E-state index >= 15 is 0 Å². The van der Waals surface area contributed by atoms with Crippen molar-refractivity contribution in [3.63, 3.8) is 0 Å². The van der Waals surface area contributed by atoms with Gasteiger partial charge in [0, 0.05) is 12.6 Å². The number of hydrogen-bond donors (Lipinski definition) is 1. The summed E-state index contributed by atoms with van der Waals surface area (Å²) in [5.41, 5.74) is 0.876. The Hall–Kier alpha value is -2.08. The molecule has 1 heterocycles. The van der Waals surface area contributed by atoms with E-state index in [0.29, 0.717) is 13.0 Å². The molecular formula is C17H21NO5. The summed E-state index contributed by atoms with van der Waals surface area (Å²) in [6.07, 6.45) is 2.10. The third-order valence-corrected chi connectivity index (χ3v) is 4.23. The van der Waals surface area contributed by atoms with E-state index in [1.807, 2.05) is 30.3 Å². The summed E-state index contributed by atoms with van der Waals surface area (Å²) < 4.78 is 10.9. The molecule has 6 nitrogen and oxygen atoms in total. The largest absolute Gasteiger partial charge is 0.480 e. The van der Waals surface area contributed by atoms with Crippen LogP contribution in [0.5, 0.6) is 0 Å². The second kappa shape index (κ2) is 7.00. The van der Waals surface area contributed by atoms with Crippen molar-refractivity contribution in [2.75, 3.05) is 6.61 Å². The van der Waals surface area contributed by atoms with Crippen molar-refractivity contribution < 1.29 is 24.2 Å². The van der Waals surface area contributed by atoms with Gasteiger partial charge in [-0.2, -0.15) is 0 Å². The number of carbonyl (C=O) groups excluding carboxylic acids is 1. The first-order valence-corrected chi connectivity index (χ1v) is 8.00. The van der Waals surface area contributed by atoms with Crippen LogP contribution in [0.2, 0.25) is 0 Å². The van der Waals surface area contributed by atoms with Crippen molar-refractivity contribution in [2.45, 2.75) is 50.5 Å².